The molecule has 0 saturated carbocycles. The lowest BCUT2D eigenvalue weighted by atomic mass is 10.1. The zero-order valence-electron chi connectivity index (χ0n) is 12.6. The van der Waals surface area contributed by atoms with Crippen LogP contribution in [0.5, 0.6) is 0 Å². The Morgan fingerprint density at radius 1 is 1.27 bits per heavy atom. The molecule has 0 atom stereocenters. The van der Waals surface area contributed by atoms with Crippen LogP contribution in [0.4, 0.5) is 5.69 Å². The first kappa shape index (κ1) is 14.4. The maximum Gasteiger partial charge on any atom is 0.274 e. The van der Waals surface area contributed by atoms with Gasteiger partial charge in [0.2, 0.25) is 5.96 Å². The van der Waals surface area contributed by atoms with Gasteiger partial charge in [0.15, 0.2) is 5.96 Å². The minimum Gasteiger partial charge on any atom is -0.369 e. The lowest BCUT2D eigenvalue weighted by Crippen LogP contribution is -2.45. The van der Waals surface area contributed by atoms with Crippen LogP contribution in [0.3, 0.4) is 0 Å². The Morgan fingerprint density at radius 3 is 2.77 bits per heavy atom. The van der Waals surface area contributed by atoms with Crippen LogP contribution in [0, 0.1) is 0 Å². The van der Waals surface area contributed by atoms with E-state index >= 15 is 0 Å². The van der Waals surface area contributed by atoms with E-state index in [2.05, 4.69) is 15.4 Å². The van der Waals surface area contributed by atoms with Gasteiger partial charge in [-0.2, -0.15) is 4.99 Å². The normalized spacial score (nSPS) is 19.2. The molecular formula is C15H20N6O. The first-order valence-electron chi connectivity index (χ1n) is 7.47. The van der Waals surface area contributed by atoms with Crippen molar-refractivity contribution in [2.75, 3.05) is 20.1 Å². The van der Waals surface area contributed by atoms with Gasteiger partial charge in [-0.3, -0.25) is 15.2 Å². The Morgan fingerprint density at radius 2 is 2.00 bits per heavy atom. The van der Waals surface area contributed by atoms with E-state index in [-0.39, 0.29) is 5.91 Å². The van der Waals surface area contributed by atoms with Crippen LogP contribution in [-0.4, -0.2) is 47.9 Å². The molecule has 3 N–H and O–H groups in total. The molecule has 0 aromatic heterocycles. The summed E-state index contributed by atoms with van der Waals surface area (Å²) >= 11 is 0. The van der Waals surface area contributed by atoms with E-state index in [4.69, 9.17) is 5.73 Å². The number of rotatable bonds is 0. The number of nitrogens with two attached hydrogens (primary N) is 1. The van der Waals surface area contributed by atoms with E-state index in [1.54, 1.807) is 19.2 Å². The first-order valence-corrected chi connectivity index (χ1v) is 7.47. The maximum absolute atomic E-state index is 12.3. The number of nitrogens with zero attached hydrogens (tertiary/aromatic N) is 4. The third-order valence-electron chi connectivity index (χ3n) is 3.83. The Hall–Kier alpha value is -2.57. The van der Waals surface area contributed by atoms with E-state index in [0.717, 1.165) is 25.9 Å². The van der Waals surface area contributed by atoms with E-state index in [1.807, 2.05) is 17.0 Å². The summed E-state index contributed by atoms with van der Waals surface area (Å²) in [7, 11) is 1.65. The van der Waals surface area contributed by atoms with Crippen molar-refractivity contribution in [2.24, 2.45) is 15.7 Å². The third-order valence-corrected chi connectivity index (χ3v) is 3.83. The molecule has 2 aliphatic heterocycles. The van der Waals surface area contributed by atoms with Gasteiger partial charge in [-0.05, 0) is 31.4 Å². The molecule has 0 aliphatic carbocycles. The number of amides is 1. The second kappa shape index (κ2) is 6.05. The number of guanidine groups is 2. The highest BCUT2D eigenvalue weighted by molar-refractivity contribution is 6.04. The number of hydrogen-bond donors (Lipinski definition) is 2. The topological polar surface area (TPSA) is 86.3 Å². The summed E-state index contributed by atoms with van der Waals surface area (Å²) in [6.07, 6.45) is 3.47. The van der Waals surface area contributed by atoms with Crippen molar-refractivity contribution in [3.05, 3.63) is 29.8 Å². The Bertz CT molecular complexity index is 633. The van der Waals surface area contributed by atoms with Gasteiger partial charge in [-0.25, -0.2) is 4.99 Å². The van der Waals surface area contributed by atoms with Crippen LogP contribution < -0.4 is 11.2 Å². The molecule has 1 aromatic carbocycles. The number of carbonyl (C=O) groups is 1. The fraction of sp³-hybridized carbons (Fsp3) is 0.400. The highest BCUT2D eigenvalue weighted by Gasteiger charge is 2.21. The molecule has 0 bridgehead atoms. The van der Waals surface area contributed by atoms with Gasteiger partial charge in [-0.1, -0.05) is 12.1 Å². The summed E-state index contributed by atoms with van der Waals surface area (Å²) in [6, 6.07) is 7.20. The van der Waals surface area contributed by atoms with Gasteiger partial charge < -0.3 is 10.6 Å². The van der Waals surface area contributed by atoms with Crippen LogP contribution >= 0.6 is 0 Å². The molecule has 1 aromatic rings. The number of hydrogen-bond acceptors (Lipinski definition) is 4. The number of fused-ring (bicyclic) bond motifs is 1. The van der Waals surface area contributed by atoms with Crippen molar-refractivity contribution < 1.29 is 4.79 Å². The fourth-order valence-electron chi connectivity index (χ4n) is 2.62. The summed E-state index contributed by atoms with van der Waals surface area (Å²) in [5.41, 5.74) is 10.1. The van der Waals surface area contributed by atoms with Crippen molar-refractivity contribution in [2.45, 2.75) is 19.3 Å². The summed E-state index contributed by atoms with van der Waals surface area (Å²) < 4.78 is 0. The Labute approximate surface area is 129 Å². The fourth-order valence-corrected chi connectivity index (χ4v) is 2.62. The molecule has 7 heteroatoms. The van der Waals surface area contributed by atoms with Gasteiger partial charge in [0.25, 0.3) is 5.91 Å². The van der Waals surface area contributed by atoms with Crippen LogP contribution in [0.1, 0.15) is 29.6 Å². The van der Waals surface area contributed by atoms with Crippen molar-refractivity contribution in [1.29, 1.82) is 0 Å². The second-order valence-electron chi connectivity index (χ2n) is 5.45. The minimum atomic E-state index is -0.152. The van der Waals surface area contributed by atoms with E-state index in [1.165, 1.54) is 11.4 Å². The molecule has 2 heterocycles. The zero-order valence-corrected chi connectivity index (χ0v) is 12.6. The number of likely N-dealkylation sites (tertiary alicyclic amines) is 1. The number of nitrogens with one attached hydrogen (secondary N) is 1. The molecule has 3 rings (SSSR count). The smallest absolute Gasteiger partial charge is 0.274 e. The van der Waals surface area contributed by atoms with Gasteiger partial charge in [-0.15, -0.1) is 0 Å². The average Bonchev–Trinajstić information content (AvgIpc) is 2.66. The number of piperidine rings is 1. The van der Waals surface area contributed by atoms with Gasteiger partial charge in [0, 0.05) is 20.1 Å². The Balaban J connectivity index is 1.90. The van der Waals surface area contributed by atoms with Gasteiger partial charge in [0.1, 0.15) is 0 Å². The molecule has 116 valence electrons. The van der Waals surface area contributed by atoms with Gasteiger partial charge in [0.05, 0.1) is 11.3 Å². The lowest BCUT2D eigenvalue weighted by Gasteiger charge is -2.27. The molecule has 0 radical (unpaired) electrons. The van der Waals surface area contributed by atoms with Crippen LogP contribution in [0.25, 0.3) is 0 Å². The van der Waals surface area contributed by atoms with Gasteiger partial charge >= 0.3 is 0 Å². The standard InChI is InChI=1S/C15H20N6O/c1-20-13(22)11-7-3-4-8-12(11)17-15(19-20)18-14(16)21-9-5-2-6-10-21/h3-4,7-8H,2,5-6,9-10H2,1H3,(H3,16,17,18,19). The van der Waals surface area contributed by atoms with E-state index < -0.39 is 0 Å². The maximum atomic E-state index is 12.3. The average molecular weight is 300 g/mol. The largest absolute Gasteiger partial charge is 0.369 e. The summed E-state index contributed by atoms with van der Waals surface area (Å²) in [5, 5.41) is 1.37. The zero-order chi connectivity index (χ0) is 15.5. The number of benzene rings is 1. The van der Waals surface area contributed by atoms with Crippen LogP contribution in [-0.2, 0) is 0 Å². The predicted molar refractivity (Wildman–Crippen MR) is 85.8 cm³/mol. The number of aliphatic imine (C=N–C) groups is 2. The summed E-state index contributed by atoms with van der Waals surface area (Å²) in [6.45, 7) is 1.82. The molecule has 0 spiro atoms. The monoisotopic (exact) mass is 300 g/mol. The third kappa shape index (κ3) is 2.88. The number of para-hydroxylation sites is 1. The molecule has 2 aliphatic rings. The molecule has 0 unspecified atom stereocenters. The Kier molecular flexibility index (Phi) is 3.95. The van der Waals surface area contributed by atoms with Crippen molar-refractivity contribution in [3.8, 4) is 0 Å². The summed E-state index contributed by atoms with van der Waals surface area (Å²) in [5.74, 6) is 0.608. The van der Waals surface area contributed by atoms with E-state index in [0.29, 0.717) is 23.2 Å². The highest BCUT2D eigenvalue weighted by Crippen LogP contribution is 2.22. The highest BCUT2D eigenvalue weighted by atomic mass is 16.2. The SMILES string of the molecule is CN1NC(/N=C(\N)N2CCCCC2)=Nc2ccccc2C1=O. The number of hydrazine groups is 1. The lowest BCUT2D eigenvalue weighted by molar-refractivity contribution is 0.0761. The quantitative estimate of drug-likeness (QED) is 0.554. The first-order chi connectivity index (χ1) is 10.6. The van der Waals surface area contributed by atoms with Crippen molar-refractivity contribution >= 4 is 23.5 Å². The predicted octanol–water partition coefficient (Wildman–Crippen LogP) is 1.06. The molecule has 1 fully saturated rings. The molecule has 22 heavy (non-hydrogen) atoms. The van der Waals surface area contributed by atoms with Crippen LogP contribution in [0.2, 0.25) is 0 Å². The molecular weight excluding hydrogens is 280 g/mol. The minimum absolute atomic E-state index is 0.152. The van der Waals surface area contributed by atoms with Crippen molar-refractivity contribution in [1.82, 2.24) is 15.3 Å². The number of carbonyl (C=O) groups excluding carboxylic acids is 1. The van der Waals surface area contributed by atoms with Crippen molar-refractivity contribution in [3.63, 3.8) is 0 Å². The molecule has 1 amide bonds. The molecule has 1 saturated heterocycles. The second-order valence-corrected chi connectivity index (χ2v) is 5.45. The van der Waals surface area contributed by atoms with E-state index in [9.17, 15) is 4.79 Å². The summed E-state index contributed by atoms with van der Waals surface area (Å²) in [4.78, 5) is 23.1. The van der Waals surface area contributed by atoms with Crippen LogP contribution in [0.15, 0.2) is 34.3 Å². The molecule has 7 nitrogen and oxygen atoms in total.